The molecule has 7 nitrogen and oxygen atoms in total. The van der Waals surface area contributed by atoms with E-state index in [4.69, 9.17) is 4.74 Å². The van der Waals surface area contributed by atoms with Crippen LogP contribution in [0.1, 0.15) is 24.4 Å². The lowest BCUT2D eigenvalue weighted by Gasteiger charge is -2.23. The molecule has 2 aliphatic heterocycles. The number of fused-ring (bicyclic) bond motifs is 1. The fraction of sp³-hybridized carbons (Fsp3) is 0.562. The SMILES string of the molecule is O=C([C@H]1CCCO1)N1CCc2ncc(Cn3cccn3)n2CC1. The summed E-state index contributed by atoms with van der Waals surface area (Å²) in [6.45, 7) is 3.63. The summed E-state index contributed by atoms with van der Waals surface area (Å²) < 4.78 is 9.66. The van der Waals surface area contributed by atoms with Crippen molar-refractivity contribution in [1.29, 1.82) is 0 Å². The molecule has 0 unspecified atom stereocenters. The second kappa shape index (κ2) is 6.16. The van der Waals surface area contributed by atoms with Gasteiger partial charge in [0.1, 0.15) is 11.9 Å². The molecule has 2 aliphatic rings. The summed E-state index contributed by atoms with van der Waals surface area (Å²) in [6, 6.07) is 1.92. The average Bonchev–Trinajstić information content (AvgIpc) is 3.29. The molecule has 0 saturated carbocycles. The van der Waals surface area contributed by atoms with E-state index in [1.807, 2.05) is 28.0 Å². The van der Waals surface area contributed by atoms with Gasteiger partial charge in [-0.15, -0.1) is 0 Å². The predicted molar refractivity (Wildman–Crippen MR) is 82.8 cm³/mol. The van der Waals surface area contributed by atoms with Gasteiger partial charge in [-0.2, -0.15) is 5.10 Å². The van der Waals surface area contributed by atoms with Gasteiger partial charge in [-0.25, -0.2) is 4.98 Å². The van der Waals surface area contributed by atoms with Crippen LogP contribution in [0.25, 0.3) is 0 Å². The maximum atomic E-state index is 12.5. The van der Waals surface area contributed by atoms with E-state index in [1.165, 1.54) is 0 Å². The highest BCUT2D eigenvalue weighted by Gasteiger charge is 2.29. The van der Waals surface area contributed by atoms with Crippen molar-refractivity contribution in [3.05, 3.63) is 36.2 Å². The molecule has 1 saturated heterocycles. The highest BCUT2D eigenvalue weighted by atomic mass is 16.5. The smallest absolute Gasteiger partial charge is 0.251 e. The van der Waals surface area contributed by atoms with Crippen molar-refractivity contribution >= 4 is 5.91 Å². The monoisotopic (exact) mass is 315 g/mol. The molecule has 0 bridgehead atoms. The van der Waals surface area contributed by atoms with Crippen molar-refractivity contribution < 1.29 is 9.53 Å². The minimum Gasteiger partial charge on any atom is -0.368 e. The van der Waals surface area contributed by atoms with E-state index in [1.54, 1.807) is 6.20 Å². The molecule has 0 radical (unpaired) electrons. The maximum Gasteiger partial charge on any atom is 0.251 e. The Morgan fingerprint density at radius 2 is 2.30 bits per heavy atom. The van der Waals surface area contributed by atoms with Crippen LogP contribution in [0.3, 0.4) is 0 Å². The summed E-state index contributed by atoms with van der Waals surface area (Å²) >= 11 is 0. The normalized spacial score (nSPS) is 21.2. The summed E-state index contributed by atoms with van der Waals surface area (Å²) in [5.74, 6) is 1.19. The van der Waals surface area contributed by atoms with Gasteiger partial charge in [0.05, 0.1) is 18.4 Å². The number of carbonyl (C=O) groups is 1. The van der Waals surface area contributed by atoms with Gasteiger partial charge < -0.3 is 14.2 Å². The van der Waals surface area contributed by atoms with Crippen molar-refractivity contribution in [1.82, 2.24) is 24.2 Å². The van der Waals surface area contributed by atoms with Gasteiger partial charge in [0.15, 0.2) is 0 Å². The molecule has 122 valence electrons. The molecule has 0 aromatic carbocycles. The van der Waals surface area contributed by atoms with Gasteiger partial charge in [-0.3, -0.25) is 9.48 Å². The van der Waals surface area contributed by atoms with E-state index >= 15 is 0 Å². The summed E-state index contributed by atoms with van der Waals surface area (Å²) in [4.78, 5) is 19.0. The molecule has 4 heterocycles. The van der Waals surface area contributed by atoms with Gasteiger partial charge in [0, 0.05) is 45.1 Å². The summed E-state index contributed by atoms with van der Waals surface area (Å²) in [6.07, 6.45) is 8.05. The number of hydrogen-bond acceptors (Lipinski definition) is 4. The van der Waals surface area contributed by atoms with Crippen LogP contribution >= 0.6 is 0 Å². The summed E-state index contributed by atoms with van der Waals surface area (Å²) in [7, 11) is 0. The number of ether oxygens (including phenoxy) is 1. The highest BCUT2D eigenvalue weighted by Crippen LogP contribution is 2.18. The molecule has 0 aliphatic carbocycles. The second-order valence-electron chi connectivity index (χ2n) is 6.10. The quantitative estimate of drug-likeness (QED) is 0.836. The first kappa shape index (κ1) is 14.4. The van der Waals surface area contributed by atoms with Crippen molar-refractivity contribution in [2.24, 2.45) is 0 Å². The lowest BCUT2D eigenvalue weighted by molar-refractivity contribution is -0.140. The number of aromatic nitrogens is 4. The van der Waals surface area contributed by atoms with E-state index in [-0.39, 0.29) is 12.0 Å². The zero-order valence-electron chi connectivity index (χ0n) is 13.1. The molecule has 1 amide bonds. The van der Waals surface area contributed by atoms with Crippen molar-refractivity contribution in [3.8, 4) is 0 Å². The first-order valence-electron chi connectivity index (χ1n) is 8.22. The molecule has 0 N–H and O–H groups in total. The van der Waals surface area contributed by atoms with E-state index < -0.39 is 0 Å². The third-order valence-corrected chi connectivity index (χ3v) is 4.62. The van der Waals surface area contributed by atoms with Crippen LogP contribution in [0.15, 0.2) is 24.7 Å². The third kappa shape index (κ3) is 2.88. The van der Waals surface area contributed by atoms with E-state index in [0.29, 0.717) is 19.7 Å². The summed E-state index contributed by atoms with van der Waals surface area (Å²) in [5, 5.41) is 4.25. The zero-order valence-corrected chi connectivity index (χ0v) is 13.1. The van der Waals surface area contributed by atoms with E-state index in [0.717, 1.165) is 43.9 Å². The highest BCUT2D eigenvalue weighted by molar-refractivity contribution is 5.81. The lowest BCUT2D eigenvalue weighted by atomic mass is 10.2. The van der Waals surface area contributed by atoms with Gasteiger partial charge in [0.2, 0.25) is 0 Å². The van der Waals surface area contributed by atoms with Crippen LogP contribution in [0.5, 0.6) is 0 Å². The van der Waals surface area contributed by atoms with Crippen LogP contribution in [0.2, 0.25) is 0 Å². The Morgan fingerprint density at radius 3 is 3.09 bits per heavy atom. The average molecular weight is 315 g/mol. The Bertz CT molecular complexity index is 673. The van der Waals surface area contributed by atoms with Gasteiger partial charge in [-0.05, 0) is 18.9 Å². The Hall–Kier alpha value is -2.15. The van der Waals surface area contributed by atoms with Crippen LogP contribution in [-0.2, 0) is 29.0 Å². The molecule has 1 fully saturated rings. The maximum absolute atomic E-state index is 12.5. The fourth-order valence-electron chi connectivity index (χ4n) is 3.38. The minimum atomic E-state index is -0.232. The summed E-state index contributed by atoms with van der Waals surface area (Å²) in [5.41, 5.74) is 1.13. The largest absolute Gasteiger partial charge is 0.368 e. The number of hydrogen-bond donors (Lipinski definition) is 0. The fourth-order valence-corrected chi connectivity index (χ4v) is 3.38. The van der Waals surface area contributed by atoms with Gasteiger partial charge >= 0.3 is 0 Å². The van der Waals surface area contributed by atoms with Crippen LogP contribution in [0.4, 0.5) is 0 Å². The van der Waals surface area contributed by atoms with Crippen LogP contribution in [0, 0.1) is 0 Å². The minimum absolute atomic E-state index is 0.141. The Kier molecular flexibility index (Phi) is 3.87. The Balaban J connectivity index is 1.46. The first-order valence-corrected chi connectivity index (χ1v) is 8.22. The van der Waals surface area contributed by atoms with Crippen LogP contribution in [-0.4, -0.2) is 55.9 Å². The molecular formula is C16H21N5O2. The van der Waals surface area contributed by atoms with Gasteiger partial charge in [0.25, 0.3) is 5.91 Å². The molecule has 23 heavy (non-hydrogen) atoms. The molecular weight excluding hydrogens is 294 g/mol. The molecule has 0 spiro atoms. The molecule has 2 aromatic heterocycles. The van der Waals surface area contributed by atoms with Crippen LogP contribution < -0.4 is 0 Å². The molecule has 1 atom stereocenters. The third-order valence-electron chi connectivity index (χ3n) is 4.62. The number of rotatable bonds is 3. The number of imidazole rings is 1. The standard InChI is InChI=1S/C16H21N5O2/c22-16(14-3-1-10-23-14)19-7-4-15-17-11-13(21(15)9-8-19)12-20-6-2-5-18-20/h2,5-6,11,14H,1,3-4,7-10,12H2/t14-/m1/s1. The van der Waals surface area contributed by atoms with Crippen molar-refractivity contribution in [2.75, 3.05) is 19.7 Å². The number of carbonyl (C=O) groups excluding carboxylic acids is 1. The zero-order chi connectivity index (χ0) is 15.6. The first-order chi connectivity index (χ1) is 11.3. The topological polar surface area (TPSA) is 65.2 Å². The van der Waals surface area contributed by atoms with Crippen molar-refractivity contribution in [3.63, 3.8) is 0 Å². The van der Waals surface area contributed by atoms with Gasteiger partial charge in [-0.1, -0.05) is 0 Å². The van der Waals surface area contributed by atoms with E-state index in [2.05, 4.69) is 14.6 Å². The second-order valence-corrected chi connectivity index (χ2v) is 6.10. The Morgan fingerprint density at radius 1 is 1.35 bits per heavy atom. The number of nitrogens with zero attached hydrogens (tertiary/aromatic N) is 5. The molecule has 2 aromatic rings. The van der Waals surface area contributed by atoms with E-state index in [9.17, 15) is 4.79 Å². The van der Waals surface area contributed by atoms with Crippen molar-refractivity contribution in [2.45, 2.75) is 38.5 Å². The molecule has 7 heteroatoms. The lowest BCUT2D eigenvalue weighted by Crippen LogP contribution is -2.40. The molecule has 4 rings (SSSR count). The number of amides is 1. The Labute approximate surface area is 134 Å². The predicted octanol–water partition coefficient (Wildman–Crippen LogP) is 0.692.